The van der Waals surface area contributed by atoms with Crippen LogP contribution in [0.1, 0.15) is 12.8 Å². The molecule has 0 aliphatic heterocycles. The van der Waals surface area contributed by atoms with Crippen LogP contribution in [0.25, 0.3) is 0 Å². The van der Waals surface area contributed by atoms with E-state index in [2.05, 4.69) is 35.5 Å². The first kappa shape index (κ1) is 26.1. The third kappa shape index (κ3) is 9.74. The second-order valence-electron chi connectivity index (χ2n) is 5.89. The van der Waals surface area contributed by atoms with Gasteiger partial charge in [-0.1, -0.05) is 13.1 Å². The maximum Gasteiger partial charge on any atom is 0.500 e. The molecule has 0 aliphatic carbocycles. The molecule has 0 N–H and O–H groups in total. The summed E-state index contributed by atoms with van der Waals surface area (Å²) in [5, 5.41) is 0. The molecule has 152 valence electrons. The highest BCUT2D eigenvalue weighted by Gasteiger charge is 2.38. The molecule has 0 unspecified atom stereocenters. The van der Waals surface area contributed by atoms with Crippen LogP contribution < -0.4 is 0 Å². The summed E-state index contributed by atoms with van der Waals surface area (Å²) in [5.41, 5.74) is 0. The fourth-order valence-electron chi connectivity index (χ4n) is 2.37. The van der Waals surface area contributed by atoms with Gasteiger partial charge in [0.2, 0.25) is 0 Å². The Labute approximate surface area is 165 Å². The molecule has 0 atom stereocenters. The number of rotatable bonds is 16. The average molecular weight is 449 g/mol. The minimum atomic E-state index is -2.42. The first-order valence-electron chi connectivity index (χ1n) is 8.37. The van der Waals surface area contributed by atoms with Crippen molar-refractivity contribution < 1.29 is 26.6 Å². The molecule has 0 spiro atoms. The minimum Gasteiger partial charge on any atom is -0.377 e. The van der Waals surface area contributed by atoms with Crippen LogP contribution in [-0.2, 0) is 26.6 Å². The molecule has 0 rings (SSSR count). The molecule has 0 heterocycles. The maximum atomic E-state index is 5.47. The van der Waals surface area contributed by atoms with Crippen LogP contribution in [0.3, 0.4) is 0 Å². The Morgan fingerprint density at radius 3 is 1.08 bits per heavy atom. The van der Waals surface area contributed by atoms with Crippen molar-refractivity contribution in [2.24, 2.45) is 0 Å². The third-order valence-corrected chi connectivity index (χ3v) is 19.6. The molecule has 0 saturated carbocycles. The van der Waals surface area contributed by atoms with Gasteiger partial charge in [0.25, 0.3) is 0 Å². The SMILES string of the molecule is CO[Si](CCCS[Si](C)(C)SCCC[Si](OC)(OC)OC)(OC)OC. The smallest absolute Gasteiger partial charge is 0.377 e. The zero-order valence-electron chi connectivity index (χ0n) is 17.0. The highest BCUT2D eigenvalue weighted by atomic mass is 32.6. The third-order valence-electron chi connectivity index (χ3n) is 4.02. The van der Waals surface area contributed by atoms with Crippen molar-refractivity contribution >= 4 is 46.4 Å². The molecule has 0 radical (unpaired) electrons. The predicted molar refractivity (Wildman–Crippen MR) is 115 cm³/mol. The largest absolute Gasteiger partial charge is 0.500 e. The van der Waals surface area contributed by atoms with Gasteiger partial charge in [0.05, 0.1) is 0 Å². The van der Waals surface area contributed by atoms with Gasteiger partial charge in [0.1, 0.15) is 0 Å². The molecule has 0 aromatic heterocycles. The lowest BCUT2D eigenvalue weighted by atomic mass is 10.6. The van der Waals surface area contributed by atoms with E-state index in [1.54, 1.807) is 42.7 Å². The van der Waals surface area contributed by atoms with Gasteiger partial charge < -0.3 is 26.6 Å². The van der Waals surface area contributed by atoms with Crippen LogP contribution in [0.2, 0.25) is 25.2 Å². The van der Waals surface area contributed by atoms with Crippen molar-refractivity contribution in [2.75, 3.05) is 54.2 Å². The van der Waals surface area contributed by atoms with Gasteiger partial charge in [0.15, 0.2) is 6.37 Å². The lowest BCUT2D eigenvalue weighted by Crippen LogP contribution is -2.42. The number of hydrogen-bond donors (Lipinski definition) is 0. The summed E-state index contributed by atoms with van der Waals surface area (Å²) in [7, 11) is 5.18. The van der Waals surface area contributed by atoms with Gasteiger partial charge >= 0.3 is 17.6 Å². The van der Waals surface area contributed by atoms with Crippen molar-refractivity contribution in [3.8, 4) is 0 Å². The van der Waals surface area contributed by atoms with E-state index in [0.717, 1.165) is 36.4 Å². The van der Waals surface area contributed by atoms with Crippen molar-refractivity contribution in [3.05, 3.63) is 0 Å². The highest BCUT2D eigenvalue weighted by molar-refractivity contribution is 8.58. The maximum absolute atomic E-state index is 5.47. The fourth-order valence-corrected chi connectivity index (χ4v) is 14.3. The van der Waals surface area contributed by atoms with Crippen molar-refractivity contribution in [3.63, 3.8) is 0 Å². The summed E-state index contributed by atoms with van der Waals surface area (Å²) in [6, 6.07) is 1.73. The van der Waals surface area contributed by atoms with Crippen LogP contribution in [0.15, 0.2) is 0 Å². The molecule has 0 saturated heterocycles. The summed E-state index contributed by atoms with van der Waals surface area (Å²) in [4.78, 5) is 0. The van der Waals surface area contributed by atoms with Gasteiger partial charge in [0, 0.05) is 54.7 Å². The Morgan fingerprint density at radius 1 is 0.560 bits per heavy atom. The Morgan fingerprint density at radius 2 is 0.840 bits per heavy atom. The standard InChI is InChI=1S/C14H36O6S2Si3/c1-15-24(16-2,17-3)13-9-11-21-23(7,8)22-12-10-14-25(18-4,19-5)20-6/h9-14H2,1-8H3. The Bertz CT molecular complexity index is 298. The predicted octanol–water partition coefficient (Wildman–Crippen LogP) is 3.69. The van der Waals surface area contributed by atoms with Gasteiger partial charge in [-0.2, -0.15) is 22.4 Å². The van der Waals surface area contributed by atoms with E-state index in [9.17, 15) is 0 Å². The molecular weight excluding hydrogens is 413 g/mol. The molecule has 6 nitrogen and oxygen atoms in total. The number of hydrogen-bond acceptors (Lipinski definition) is 8. The molecular formula is C14H36O6S2Si3. The quantitative estimate of drug-likeness (QED) is 0.262. The van der Waals surface area contributed by atoms with E-state index in [4.69, 9.17) is 26.6 Å². The fraction of sp³-hybridized carbons (Fsp3) is 1.00. The lowest BCUT2D eigenvalue weighted by molar-refractivity contribution is 0.123. The van der Waals surface area contributed by atoms with Gasteiger partial charge in [-0.25, -0.2) is 0 Å². The molecule has 25 heavy (non-hydrogen) atoms. The van der Waals surface area contributed by atoms with Crippen LogP contribution >= 0.6 is 22.4 Å². The summed E-state index contributed by atoms with van der Waals surface area (Å²) < 4.78 is 32.8. The molecule has 0 fully saturated rings. The van der Waals surface area contributed by atoms with Gasteiger partial charge in [-0.05, 0) is 24.3 Å². The van der Waals surface area contributed by atoms with Gasteiger partial charge in [-0.3, -0.25) is 0 Å². The molecule has 0 amide bonds. The first-order valence-corrected chi connectivity index (χ1v) is 18.7. The zero-order valence-corrected chi connectivity index (χ0v) is 21.6. The summed E-state index contributed by atoms with van der Waals surface area (Å²) in [6.07, 6.45) is 0.766. The topological polar surface area (TPSA) is 55.4 Å². The van der Waals surface area contributed by atoms with Gasteiger partial charge in [-0.15, -0.1) is 0 Å². The molecule has 11 heteroatoms. The average Bonchev–Trinajstić information content (AvgIpc) is 2.63. The summed E-state index contributed by atoms with van der Waals surface area (Å²) in [6.45, 7) is 4.81. The summed E-state index contributed by atoms with van der Waals surface area (Å²) in [5.74, 6) is 2.23. The van der Waals surface area contributed by atoms with E-state index >= 15 is 0 Å². The highest BCUT2D eigenvalue weighted by Crippen LogP contribution is 2.34. The molecule has 0 aliphatic rings. The second kappa shape index (κ2) is 13.3. The van der Waals surface area contributed by atoms with Crippen LogP contribution in [0, 0.1) is 0 Å². The molecule has 0 bridgehead atoms. The Kier molecular flexibility index (Phi) is 13.9. The van der Waals surface area contributed by atoms with E-state index in [0.29, 0.717) is 0 Å². The van der Waals surface area contributed by atoms with Crippen LogP contribution in [0.5, 0.6) is 0 Å². The van der Waals surface area contributed by atoms with E-state index in [-0.39, 0.29) is 0 Å². The van der Waals surface area contributed by atoms with Crippen LogP contribution in [0.4, 0.5) is 0 Å². The Hall–Kier alpha value is 1.11. The lowest BCUT2D eigenvalue weighted by Gasteiger charge is -2.26. The van der Waals surface area contributed by atoms with E-state index < -0.39 is 24.0 Å². The molecule has 0 aromatic carbocycles. The van der Waals surface area contributed by atoms with Crippen molar-refractivity contribution in [2.45, 2.75) is 38.0 Å². The Balaban J connectivity index is 4.09. The van der Waals surface area contributed by atoms with Crippen molar-refractivity contribution in [1.29, 1.82) is 0 Å². The normalized spacial score (nSPS) is 13.4. The minimum absolute atomic E-state index is 0.863. The van der Waals surface area contributed by atoms with E-state index in [1.165, 1.54) is 0 Å². The van der Waals surface area contributed by atoms with Crippen LogP contribution in [-0.4, -0.2) is 78.1 Å². The van der Waals surface area contributed by atoms with Crippen molar-refractivity contribution in [1.82, 2.24) is 0 Å². The van der Waals surface area contributed by atoms with E-state index in [1.807, 2.05) is 0 Å². The molecule has 0 aromatic rings. The second-order valence-corrected chi connectivity index (χ2v) is 24.9. The monoisotopic (exact) mass is 448 g/mol. The first-order chi connectivity index (χ1) is 11.8. The summed E-state index contributed by atoms with van der Waals surface area (Å²) >= 11 is 4.20. The zero-order chi connectivity index (χ0) is 19.4.